The molecule has 0 saturated heterocycles. The maximum atomic E-state index is 14.0. The number of phenolic OH excluding ortho intramolecular Hbond substituents is 1. The van der Waals surface area contributed by atoms with Crippen LogP contribution in [0.5, 0.6) is 5.75 Å². The van der Waals surface area contributed by atoms with Gasteiger partial charge >= 0.3 is 0 Å². The minimum absolute atomic E-state index is 0.0623. The second-order valence-electron chi connectivity index (χ2n) is 4.12. The van der Waals surface area contributed by atoms with E-state index in [4.69, 9.17) is 4.42 Å². The number of fused-ring (bicyclic) bond motifs is 1. The summed E-state index contributed by atoms with van der Waals surface area (Å²) in [6, 6.07) is 12.3. The number of halogens is 1. The number of phenols is 1. The van der Waals surface area contributed by atoms with Crippen LogP contribution in [0.4, 0.5) is 4.39 Å². The molecule has 0 bridgehead atoms. The van der Waals surface area contributed by atoms with Crippen LogP contribution in [0.25, 0.3) is 22.3 Å². The maximum Gasteiger partial charge on any atom is 0.229 e. The van der Waals surface area contributed by atoms with E-state index in [0.717, 1.165) is 0 Å². The zero-order valence-corrected chi connectivity index (χ0v) is 9.76. The Morgan fingerprint density at radius 3 is 2.42 bits per heavy atom. The molecule has 0 unspecified atom stereocenters. The van der Waals surface area contributed by atoms with E-state index >= 15 is 0 Å². The molecule has 0 spiro atoms. The molecule has 0 aliphatic carbocycles. The van der Waals surface area contributed by atoms with E-state index in [1.807, 2.05) is 0 Å². The van der Waals surface area contributed by atoms with E-state index in [1.165, 1.54) is 30.3 Å². The number of aromatic hydroxyl groups is 1. The number of rotatable bonds is 1. The van der Waals surface area contributed by atoms with Gasteiger partial charge in [-0.25, -0.2) is 0 Å². The number of hydrogen-bond acceptors (Lipinski definition) is 3. The van der Waals surface area contributed by atoms with Crippen LogP contribution >= 0.6 is 0 Å². The molecule has 0 saturated carbocycles. The highest BCUT2D eigenvalue weighted by molar-refractivity contribution is 5.78. The molecule has 0 atom stereocenters. The Balaban J connectivity index is 2.33. The molecule has 94 valence electrons. The van der Waals surface area contributed by atoms with E-state index in [-0.39, 0.29) is 16.9 Å². The first kappa shape index (κ1) is 11.5. The molecule has 0 aliphatic heterocycles. The van der Waals surface area contributed by atoms with Gasteiger partial charge in [-0.1, -0.05) is 12.1 Å². The van der Waals surface area contributed by atoms with Gasteiger partial charge in [0.05, 0.1) is 5.39 Å². The van der Waals surface area contributed by atoms with E-state index in [9.17, 15) is 14.3 Å². The Hall–Kier alpha value is -2.62. The van der Waals surface area contributed by atoms with Crippen molar-refractivity contribution in [2.24, 2.45) is 0 Å². The molecule has 2 aromatic carbocycles. The van der Waals surface area contributed by atoms with Gasteiger partial charge in [0.15, 0.2) is 5.76 Å². The molecular formula is C15H9FO3. The summed E-state index contributed by atoms with van der Waals surface area (Å²) in [5.41, 5.74) is 0.0417. The lowest BCUT2D eigenvalue weighted by molar-refractivity contribution is 0.475. The van der Waals surface area contributed by atoms with Crippen molar-refractivity contribution >= 4 is 11.0 Å². The van der Waals surface area contributed by atoms with Crippen molar-refractivity contribution in [2.75, 3.05) is 0 Å². The number of hydrogen-bond donors (Lipinski definition) is 1. The summed E-state index contributed by atoms with van der Waals surface area (Å²) in [5.74, 6) is -0.986. The molecule has 0 amide bonds. The van der Waals surface area contributed by atoms with E-state index in [1.54, 1.807) is 18.2 Å². The summed E-state index contributed by atoms with van der Waals surface area (Å²) in [6.45, 7) is 0. The zero-order valence-electron chi connectivity index (χ0n) is 9.76. The molecule has 3 rings (SSSR count). The first-order valence-corrected chi connectivity index (χ1v) is 5.67. The molecule has 1 aromatic heterocycles. The van der Waals surface area contributed by atoms with Crippen LogP contribution in [0.2, 0.25) is 0 Å². The van der Waals surface area contributed by atoms with Crippen LogP contribution in [0, 0.1) is 5.82 Å². The molecule has 3 aromatic rings. The lowest BCUT2D eigenvalue weighted by Crippen LogP contribution is -2.08. The van der Waals surface area contributed by atoms with Crippen molar-refractivity contribution in [3.05, 3.63) is 64.6 Å². The fraction of sp³-hybridized carbons (Fsp3) is 0. The monoisotopic (exact) mass is 256 g/mol. The van der Waals surface area contributed by atoms with Crippen molar-refractivity contribution in [3.8, 4) is 17.1 Å². The third kappa shape index (κ3) is 1.87. The predicted octanol–water partition coefficient (Wildman–Crippen LogP) is 3.30. The van der Waals surface area contributed by atoms with Gasteiger partial charge in [0, 0.05) is 5.56 Å². The molecule has 19 heavy (non-hydrogen) atoms. The molecule has 1 N–H and O–H groups in total. The fourth-order valence-electron chi connectivity index (χ4n) is 1.92. The van der Waals surface area contributed by atoms with Crippen molar-refractivity contribution in [1.29, 1.82) is 0 Å². The average Bonchev–Trinajstić information content (AvgIpc) is 2.44. The molecule has 1 heterocycles. The summed E-state index contributed by atoms with van der Waals surface area (Å²) >= 11 is 0. The van der Waals surface area contributed by atoms with Crippen LogP contribution in [0.1, 0.15) is 0 Å². The smallest absolute Gasteiger partial charge is 0.229 e. The van der Waals surface area contributed by atoms with E-state index < -0.39 is 11.2 Å². The highest BCUT2D eigenvalue weighted by atomic mass is 19.1. The first-order chi connectivity index (χ1) is 9.16. The predicted molar refractivity (Wildman–Crippen MR) is 69.5 cm³/mol. The highest BCUT2D eigenvalue weighted by Gasteiger charge is 2.15. The lowest BCUT2D eigenvalue weighted by Gasteiger charge is -2.04. The topological polar surface area (TPSA) is 50.4 Å². The SMILES string of the molecule is O=c1c(F)c(-c2ccc(O)cc2)oc2ccccc12. The average molecular weight is 256 g/mol. The first-order valence-electron chi connectivity index (χ1n) is 5.67. The normalized spacial score (nSPS) is 10.8. The van der Waals surface area contributed by atoms with Gasteiger partial charge in [-0.15, -0.1) is 0 Å². The van der Waals surface area contributed by atoms with Crippen molar-refractivity contribution in [1.82, 2.24) is 0 Å². The lowest BCUT2D eigenvalue weighted by atomic mass is 10.1. The Labute approximate surface area is 107 Å². The Kier molecular flexibility index (Phi) is 2.56. The molecule has 4 heteroatoms. The van der Waals surface area contributed by atoms with Gasteiger partial charge in [0.2, 0.25) is 11.2 Å². The van der Waals surface area contributed by atoms with Gasteiger partial charge < -0.3 is 9.52 Å². The standard InChI is InChI=1S/C15H9FO3/c16-13-14(18)11-3-1-2-4-12(11)19-15(13)9-5-7-10(17)8-6-9/h1-8,17H. The molecule has 0 radical (unpaired) electrons. The Bertz CT molecular complexity index is 804. The minimum atomic E-state index is -0.926. The summed E-state index contributed by atoms with van der Waals surface area (Å²) < 4.78 is 19.5. The van der Waals surface area contributed by atoms with Crippen LogP contribution in [-0.4, -0.2) is 5.11 Å². The van der Waals surface area contributed by atoms with Gasteiger partial charge in [-0.2, -0.15) is 4.39 Å². The number of para-hydroxylation sites is 1. The van der Waals surface area contributed by atoms with Gasteiger partial charge in [0.1, 0.15) is 11.3 Å². The minimum Gasteiger partial charge on any atom is -0.508 e. The third-order valence-corrected chi connectivity index (χ3v) is 2.87. The number of benzene rings is 2. The van der Waals surface area contributed by atoms with Gasteiger partial charge in [-0.3, -0.25) is 4.79 Å². The largest absolute Gasteiger partial charge is 0.508 e. The summed E-state index contributed by atoms with van der Waals surface area (Å²) in [4.78, 5) is 11.9. The maximum absolute atomic E-state index is 14.0. The molecule has 3 nitrogen and oxygen atoms in total. The molecule has 0 aliphatic rings. The van der Waals surface area contributed by atoms with E-state index in [2.05, 4.69) is 0 Å². The summed E-state index contributed by atoms with van der Waals surface area (Å²) in [5, 5.41) is 9.42. The van der Waals surface area contributed by atoms with Gasteiger partial charge in [0.25, 0.3) is 0 Å². The quantitative estimate of drug-likeness (QED) is 0.726. The van der Waals surface area contributed by atoms with Crippen LogP contribution in [0.3, 0.4) is 0 Å². The third-order valence-electron chi connectivity index (χ3n) is 2.87. The Morgan fingerprint density at radius 1 is 1.00 bits per heavy atom. The molecular weight excluding hydrogens is 247 g/mol. The second-order valence-corrected chi connectivity index (χ2v) is 4.12. The zero-order chi connectivity index (χ0) is 13.4. The van der Waals surface area contributed by atoms with E-state index in [0.29, 0.717) is 11.1 Å². The summed E-state index contributed by atoms with van der Waals surface area (Å²) in [6.07, 6.45) is 0. The summed E-state index contributed by atoms with van der Waals surface area (Å²) in [7, 11) is 0. The second kappa shape index (κ2) is 4.24. The molecule has 0 fully saturated rings. The Morgan fingerprint density at radius 2 is 1.68 bits per heavy atom. The van der Waals surface area contributed by atoms with Gasteiger partial charge in [-0.05, 0) is 36.4 Å². The fourth-order valence-corrected chi connectivity index (χ4v) is 1.92. The van der Waals surface area contributed by atoms with Crippen LogP contribution in [0.15, 0.2) is 57.7 Å². The highest BCUT2D eigenvalue weighted by Crippen LogP contribution is 2.26. The van der Waals surface area contributed by atoms with Crippen molar-refractivity contribution in [3.63, 3.8) is 0 Å². The van der Waals surface area contributed by atoms with Crippen LogP contribution < -0.4 is 5.43 Å². The van der Waals surface area contributed by atoms with Crippen molar-refractivity contribution in [2.45, 2.75) is 0 Å². The van der Waals surface area contributed by atoms with Crippen LogP contribution in [-0.2, 0) is 0 Å². The van der Waals surface area contributed by atoms with Crippen molar-refractivity contribution < 1.29 is 13.9 Å².